The Morgan fingerprint density at radius 3 is 0.875 bits per heavy atom. The van der Waals surface area contributed by atoms with Crippen LogP contribution in [0.15, 0.2) is 231 Å². The third-order valence-electron chi connectivity index (χ3n) is 11.2. The van der Waals surface area contributed by atoms with Crippen LogP contribution in [0.4, 0.5) is 0 Å². The first kappa shape index (κ1) is 45.3. The highest BCUT2D eigenvalue weighted by Crippen LogP contribution is 2.40. The molecule has 0 aromatic heterocycles. The number of rotatable bonds is 16. The van der Waals surface area contributed by atoms with Crippen molar-refractivity contribution < 1.29 is 19.1 Å². The molecule has 0 radical (unpaired) electrons. The molecule has 4 nitrogen and oxygen atoms in total. The first-order valence-corrected chi connectivity index (χ1v) is 22.4. The summed E-state index contributed by atoms with van der Waals surface area (Å²) in [7, 11) is 0. The van der Waals surface area contributed by atoms with Gasteiger partial charge < -0.3 is 9.47 Å². The van der Waals surface area contributed by atoms with Gasteiger partial charge in [-0.3, -0.25) is 0 Å². The van der Waals surface area contributed by atoms with Crippen LogP contribution in [0, 0.1) is 0 Å². The summed E-state index contributed by atoms with van der Waals surface area (Å²) in [5.74, 6) is -0.563. The lowest BCUT2D eigenvalue weighted by molar-refractivity contribution is 0.0483. The van der Waals surface area contributed by atoms with E-state index in [9.17, 15) is 9.59 Å². The third kappa shape index (κ3) is 12.7. The topological polar surface area (TPSA) is 52.6 Å². The molecule has 4 atom stereocenters. The van der Waals surface area contributed by atoms with Crippen LogP contribution in [0.1, 0.15) is 78.4 Å². The summed E-state index contributed by atoms with van der Waals surface area (Å²) < 4.78 is 11.2. The fourth-order valence-corrected chi connectivity index (χ4v) is 8.52. The zero-order chi connectivity index (χ0) is 44.4. The molecule has 0 aliphatic rings. The Morgan fingerprint density at radius 2 is 0.578 bits per heavy atom. The Hall–Kier alpha value is -6.72. The van der Waals surface area contributed by atoms with Crippen LogP contribution in [0.25, 0.3) is 22.3 Å². The first-order chi connectivity index (χ1) is 31.4. The predicted octanol–water partition coefficient (Wildman–Crippen LogP) is 15.3. The van der Waals surface area contributed by atoms with Crippen molar-refractivity contribution in [1.82, 2.24) is 0 Å². The van der Waals surface area contributed by atoms with Gasteiger partial charge in [-0.2, -0.15) is 0 Å². The maximum Gasteiger partial charge on any atom is 0.338 e. The summed E-state index contributed by atoms with van der Waals surface area (Å²) in [6, 6.07) is 75.6. The highest BCUT2D eigenvalue weighted by Gasteiger charge is 2.25. The minimum absolute atomic E-state index is 0.0357. The molecule has 64 heavy (non-hydrogen) atoms. The molecule has 0 unspecified atom stereocenters. The summed E-state index contributed by atoms with van der Waals surface area (Å²) in [5, 5.41) is -0.412. The van der Waals surface area contributed by atoms with Gasteiger partial charge in [-0.25, -0.2) is 9.59 Å². The zero-order valence-electron chi connectivity index (χ0n) is 35.5. The number of alkyl halides is 2. The van der Waals surface area contributed by atoms with E-state index in [1.807, 2.05) is 206 Å². The average molecular weight is 882 g/mol. The molecule has 0 amide bonds. The fourth-order valence-electron chi connectivity index (χ4n) is 7.69. The number of benzene rings is 8. The fraction of sp³-hybridized carbons (Fsp3) is 0.138. The maximum atomic E-state index is 12.6. The number of carbonyl (C=O) groups excluding carboxylic acids is 2. The van der Waals surface area contributed by atoms with Crippen LogP contribution < -0.4 is 0 Å². The molecule has 320 valence electrons. The Kier molecular flexibility index (Phi) is 16.7. The van der Waals surface area contributed by atoms with Crippen LogP contribution >= 0.6 is 23.2 Å². The predicted molar refractivity (Wildman–Crippen MR) is 262 cm³/mol. The normalized spacial score (nSPS) is 12.7. The van der Waals surface area contributed by atoms with Gasteiger partial charge in [0.05, 0.1) is 35.1 Å². The van der Waals surface area contributed by atoms with E-state index in [2.05, 4.69) is 24.3 Å². The zero-order valence-corrected chi connectivity index (χ0v) is 37.0. The molecule has 0 aliphatic carbocycles. The van der Waals surface area contributed by atoms with Gasteiger partial charge >= 0.3 is 11.9 Å². The van der Waals surface area contributed by atoms with E-state index in [1.54, 1.807) is 0 Å². The van der Waals surface area contributed by atoms with Crippen molar-refractivity contribution in [2.45, 2.75) is 35.4 Å². The first-order valence-electron chi connectivity index (χ1n) is 21.6. The van der Waals surface area contributed by atoms with E-state index >= 15 is 0 Å². The quantitative estimate of drug-likeness (QED) is 0.0717. The molecule has 0 bridgehead atoms. The summed E-state index contributed by atoms with van der Waals surface area (Å²) >= 11 is 13.7. The van der Waals surface area contributed by atoms with Gasteiger partial charge in [-0.1, -0.05) is 206 Å². The van der Waals surface area contributed by atoms with Gasteiger partial charge in [0.1, 0.15) is 0 Å². The van der Waals surface area contributed by atoms with Crippen molar-refractivity contribution in [3.05, 3.63) is 264 Å². The molecule has 0 aliphatic heterocycles. The molecule has 0 heterocycles. The second-order valence-corrected chi connectivity index (χ2v) is 16.3. The van der Waals surface area contributed by atoms with Gasteiger partial charge in [0.2, 0.25) is 0 Å². The van der Waals surface area contributed by atoms with Crippen molar-refractivity contribution in [3.63, 3.8) is 0 Å². The van der Waals surface area contributed by atoms with Crippen molar-refractivity contribution >= 4 is 35.1 Å². The smallest absolute Gasteiger partial charge is 0.338 e. The van der Waals surface area contributed by atoms with Crippen LogP contribution in [-0.4, -0.2) is 25.2 Å². The number of esters is 2. The third-order valence-corrected chi connectivity index (χ3v) is 12.3. The lowest BCUT2D eigenvalue weighted by Gasteiger charge is -2.23. The molecule has 8 rings (SSSR count). The highest BCUT2D eigenvalue weighted by atomic mass is 35.5. The van der Waals surface area contributed by atoms with Gasteiger partial charge in [-0.05, 0) is 81.6 Å². The van der Waals surface area contributed by atoms with Crippen LogP contribution in [-0.2, 0) is 9.47 Å². The molecule has 8 aromatic rings. The molecule has 0 saturated heterocycles. The lowest BCUT2D eigenvalue weighted by Crippen LogP contribution is -2.13. The minimum atomic E-state index is -0.317. The van der Waals surface area contributed by atoms with E-state index < -0.39 is 0 Å². The summed E-state index contributed by atoms with van der Waals surface area (Å²) in [6.07, 6.45) is 1.28. The molecule has 8 aromatic carbocycles. The standard InChI is InChI=1S/2C29H25ClO2/c2*30-28(25-14-8-3-9-15-25)27(24-12-6-2-7-13-24)20-21-32-29(31)26-18-16-23(17-19-26)22-10-4-1-5-11-22/h2*1-19,27-28H,20-21H2/t2*27-,28-/m00/s1. The molecule has 0 N–H and O–H groups in total. The Morgan fingerprint density at radius 1 is 0.328 bits per heavy atom. The summed E-state index contributed by atoms with van der Waals surface area (Å²) in [4.78, 5) is 25.2. The Labute approximate surface area is 387 Å². The number of carbonyl (C=O) groups is 2. The largest absolute Gasteiger partial charge is 0.462 e. The molecular weight excluding hydrogens is 832 g/mol. The number of halogens is 2. The van der Waals surface area contributed by atoms with E-state index in [-0.39, 0.29) is 34.5 Å². The number of ether oxygens (including phenoxy) is 2. The maximum absolute atomic E-state index is 12.6. The van der Waals surface area contributed by atoms with Gasteiger partial charge in [0.25, 0.3) is 0 Å². The van der Waals surface area contributed by atoms with Crippen molar-refractivity contribution in [2.24, 2.45) is 0 Å². The van der Waals surface area contributed by atoms with Gasteiger partial charge in [0, 0.05) is 11.8 Å². The van der Waals surface area contributed by atoms with E-state index in [1.165, 1.54) is 0 Å². The van der Waals surface area contributed by atoms with Crippen molar-refractivity contribution in [3.8, 4) is 22.3 Å². The van der Waals surface area contributed by atoms with Gasteiger partial charge in [0.15, 0.2) is 0 Å². The summed E-state index contributed by atoms with van der Waals surface area (Å²) in [5.41, 5.74) is 9.87. The van der Waals surface area contributed by atoms with Crippen LogP contribution in [0.5, 0.6) is 0 Å². The average Bonchev–Trinajstić information content (AvgIpc) is 3.38. The molecular formula is C58H50Cl2O4. The SMILES string of the molecule is O=C(OCC[C@@H](c1ccccc1)[C@@H](Cl)c1ccccc1)c1ccc(-c2ccccc2)cc1.O=C(OCC[C@@H](c1ccccc1)[C@@H](Cl)c1ccccc1)c1ccc(-c2ccccc2)cc1. The monoisotopic (exact) mass is 880 g/mol. The van der Waals surface area contributed by atoms with Gasteiger partial charge in [-0.15, -0.1) is 23.2 Å². The van der Waals surface area contributed by atoms with Crippen molar-refractivity contribution in [1.29, 1.82) is 0 Å². The van der Waals surface area contributed by atoms with Crippen LogP contribution in [0.3, 0.4) is 0 Å². The number of hydrogen-bond donors (Lipinski definition) is 0. The molecule has 0 spiro atoms. The Bertz CT molecular complexity index is 2410. The second-order valence-electron chi connectivity index (χ2n) is 15.4. The summed E-state index contributed by atoms with van der Waals surface area (Å²) in [6.45, 7) is 0.601. The molecule has 0 saturated carbocycles. The van der Waals surface area contributed by atoms with Crippen molar-refractivity contribution in [2.75, 3.05) is 13.2 Å². The second kappa shape index (κ2) is 23.6. The van der Waals surface area contributed by atoms with E-state index in [0.717, 1.165) is 44.5 Å². The molecule has 6 heteroatoms. The molecule has 0 fully saturated rings. The Balaban J connectivity index is 0.000000191. The van der Waals surface area contributed by atoms with E-state index in [0.29, 0.717) is 37.2 Å². The van der Waals surface area contributed by atoms with Crippen LogP contribution in [0.2, 0.25) is 0 Å². The minimum Gasteiger partial charge on any atom is -0.462 e. The van der Waals surface area contributed by atoms with E-state index in [4.69, 9.17) is 32.7 Å². The lowest BCUT2D eigenvalue weighted by atomic mass is 9.89. The number of hydrogen-bond acceptors (Lipinski definition) is 4. The highest BCUT2D eigenvalue weighted by molar-refractivity contribution is 6.21.